The van der Waals surface area contributed by atoms with Crippen LogP contribution in [-0.4, -0.2) is 29.3 Å². The summed E-state index contributed by atoms with van der Waals surface area (Å²) in [5.74, 6) is 0.672. The van der Waals surface area contributed by atoms with Crippen LogP contribution in [0.2, 0.25) is 0 Å². The summed E-state index contributed by atoms with van der Waals surface area (Å²) >= 11 is 5.91. The molecular weight excluding hydrogens is 234 g/mol. The zero-order valence-electron chi connectivity index (χ0n) is 10.4. The van der Waals surface area contributed by atoms with Gasteiger partial charge in [-0.1, -0.05) is 12.1 Å². The van der Waals surface area contributed by atoms with Crippen molar-refractivity contribution in [3.8, 4) is 0 Å². The molecular formula is C14H18ClNO. The van der Waals surface area contributed by atoms with Crippen molar-refractivity contribution in [1.29, 1.82) is 0 Å². The van der Waals surface area contributed by atoms with Gasteiger partial charge in [-0.25, -0.2) is 0 Å². The molecule has 1 aliphatic rings. The van der Waals surface area contributed by atoms with Gasteiger partial charge in [-0.3, -0.25) is 4.79 Å². The number of benzene rings is 1. The van der Waals surface area contributed by atoms with E-state index in [0.717, 1.165) is 36.1 Å². The number of carbonyl (C=O) groups excluding carboxylic acids is 1. The Hall–Kier alpha value is -1.02. The minimum absolute atomic E-state index is 0.134. The number of hydrogen-bond donors (Lipinski definition) is 0. The lowest BCUT2D eigenvalue weighted by Crippen LogP contribution is -2.36. The number of hydrogen-bond acceptors (Lipinski definition) is 1. The molecule has 2 nitrogen and oxygen atoms in total. The highest BCUT2D eigenvalue weighted by atomic mass is 35.5. The fourth-order valence-corrected chi connectivity index (χ4v) is 2.72. The minimum atomic E-state index is 0.134. The number of likely N-dealkylation sites (tertiary alicyclic amines) is 1. The highest BCUT2D eigenvalue weighted by Gasteiger charge is 2.29. The van der Waals surface area contributed by atoms with Crippen molar-refractivity contribution in [2.45, 2.75) is 32.7 Å². The molecule has 2 rings (SSSR count). The molecule has 17 heavy (non-hydrogen) atoms. The average molecular weight is 252 g/mol. The van der Waals surface area contributed by atoms with Gasteiger partial charge in [-0.05, 0) is 43.9 Å². The summed E-state index contributed by atoms with van der Waals surface area (Å²) in [7, 11) is 0. The summed E-state index contributed by atoms with van der Waals surface area (Å²) in [5, 5.41) is 0. The van der Waals surface area contributed by atoms with E-state index in [0.29, 0.717) is 5.88 Å². The smallest absolute Gasteiger partial charge is 0.254 e. The van der Waals surface area contributed by atoms with Gasteiger partial charge >= 0.3 is 0 Å². The van der Waals surface area contributed by atoms with Crippen LogP contribution in [0.5, 0.6) is 0 Å². The quantitative estimate of drug-likeness (QED) is 0.740. The van der Waals surface area contributed by atoms with Gasteiger partial charge < -0.3 is 4.90 Å². The topological polar surface area (TPSA) is 20.3 Å². The fourth-order valence-electron chi connectivity index (χ4n) is 2.40. The largest absolute Gasteiger partial charge is 0.334 e. The number of alkyl halides is 1. The molecule has 1 amide bonds. The number of nitrogens with zero attached hydrogens (tertiary/aromatic N) is 1. The summed E-state index contributed by atoms with van der Waals surface area (Å²) in [6.07, 6.45) is 2.09. The Morgan fingerprint density at radius 2 is 2.24 bits per heavy atom. The van der Waals surface area contributed by atoms with Gasteiger partial charge in [0.05, 0.1) is 0 Å². The zero-order valence-corrected chi connectivity index (χ0v) is 11.1. The van der Waals surface area contributed by atoms with E-state index in [1.165, 1.54) is 0 Å². The van der Waals surface area contributed by atoms with Gasteiger partial charge in [0.15, 0.2) is 0 Å². The molecule has 0 aliphatic carbocycles. The maximum Gasteiger partial charge on any atom is 0.254 e. The second-order valence-corrected chi connectivity index (χ2v) is 5.00. The van der Waals surface area contributed by atoms with Crippen molar-refractivity contribution in [2.24, 2.45) is 0 Å². The van der Waals surface area contributed by atoms with Gasteiger partial charge in [0.25, 0.3) is 5.91 Å². The molecule has 0 N–H and O–H groups in total. The van der Waals surface area contributed by atoms with E-state index in [4.69, 9.17) is 11.6 Å². The molecule has 92 valence electrons. The second-order valence-electron chi connectivity index (χ2n) is 4.70. The average Bonchev–Trinajstić information content (AvgIpc) is 2.80. The van der Waals surface area contributed by atoms with Crippen molar-refractivity contribution in [3.63, 3.8) is 0 Å². The van der Waals surface area contributed by atoms with Crippen molar-refractivity contribution in [2.75, 3.05) is 12.4 Å². The van der Waals surface area contributed by atoms with E-state index in [2.05, 4.69) is 0 Å². The van der Waals surface area contributed by atoms with E-state index >= 15 is 0 Å². The number of aryl methyl sites for hydroxylation is 1. The van der Waals surface area contributed by atoms with E-state index in [1.807, 2.05) is 36.9 Å². The standard InChI is InChI=1S/C14H18ClNO/c1-10-5-3-7-13(11(10)2)14(17)16-8-4-6-12(16)9-15/h3,5,7,12H,4,6,8-9H2,1-2H3. The van der Waals surface area contributed by atoms with E-state index in [-0.39, 0.29) is 11.9 Å². The van der Waals surface area contributed by atoms with Gasteiger partial charge in [-0.2, -0.15) is 0 Å². The molecule has 0 bridgehead atoms. The number of amides is 1. The van der Waals surface area contributed by atoms with Crippen LogP contribution in [0.1, 0.15) is 34.3 Å². The lowest BCUT2D eigenvalue weighted by atomic mass is 10.0. The van der Waals surface area contributed by atoms with E-state index < -0.39 is 0 Å². The van der Waals surface area contributed by atoms with Crippen LogP contribution in [0.3, 0.4) is 0 Å². The first-order valence-corrected chi connectivity index (χ1v) is 6.61. The molecule has 1 atom stereocenters. The third kappa shape index (κ3) is 2.32. The molecule has 1 fully saturated rings. The predicted octanol–water partition coefficient (Wildman–Crippen LogP) is 3.15. The van der Waals surface area contributed by atoms with Crippen LogP contribution < -0.4 is 0 Å². The molecule has 0 radical (unpaired) electrons. The molecule has 3 heteroatoms. The lowest BCUT2D eigenvalue weighted by molar-refractivity contribution is 0.0748. The lowest BCUT2D eigenvalue weighted by Gasteiger charge is -2.24. The van der Waals surface area contributed by atoms with Gasteiger partial charge in [0.2, 0.25) is 0 Å². The molecule has 0 spiro atoms. The number of rotatable bonds is 2. The summed E-state index contributed by atoms with van der Waals surface area (Å²) in [4.78, 5) is 14.4. The Morgan fingerprint density at radius 3 is 2.94 bits per heavy atom. The maximum atomic E-state index is 12.5. The van der Waals surface area contributed by atoms with Crippen LogP contribution in [-0.2, 0) is 0 Å². The Balaban J connectivity index is 2.28. The first-order chi connectivity index (χ1) is 8.15. The summed E-state index contributed by atoms with van der Waals surface area (Å²) in [5.41, 5.74) is 3.07. The first kappa shape index (κ1) is 12.4. The van der Waals surface area contributed by atoms with Gasteiger partial charge in [0.1, 0.15) is 0 Å². The predicted molar refractivity (Wildman–Crippen MR) is 70.7 cm³/mol. The second kappa shape index (κ2) is 5.09. The fraction of sp³-hybridized carbons (Fsp3) is 0.500. The van der Waals surface area contributed by atoms with Crippen molar-refractivity contribution < 1.29 is 4.79 Å². The summed E-state index contributed by atoms with van der Waals surface area (Å²) in [6, 6.07) is 6.11. The third-order valence-electron chi connectivity index (χ3n) is 3.65. The molecule has 1 aliphatic heterocycles. The first-order valence-electron chi connectivity index (χ1n) is 6.08. The maximum absolute atomic E-state index is 12.5. The Labute approximate surface area is 108 Å². The summed E-state index contributed by atoms with van der Waals surface area (Å²) in [6.45, 7) is 4.88. The van der Waals surface area contributed by atoms with Crippen molar-refractivity contribution in [3.05, 3.63) is 34.9 Å². The Morgan fingerprint density at radius 1 is 1.47 bits per heavy atom. The summed E-state index contributed by atoms with van der Waals surface area (Å²) < 4.78 is 0. The highest BCUT2D eigenvalue weighted by molar-refractivity contribution is 6.18. The molecule has 0 saturated carbocycles. The van der Waals surface area contributed by atoms with Crippen molar-refractivity contribution >= 4 is 17.5 Å². The molecule has 1 unspecified atom stereocenters. The normalized spacial score (nSPS) is 19.7. The number of carbonyl (C=O) groups is 1. The Bertz CT molecular complexity index is 430. The monoisotopic (exact) mass is 251 g/mol. The Kier molecular flexibility index (Phi) is 3.72. The molecule has 1 aromatic carbocycles. The van der Waals surface area contributed by atoms with Crippen LogP contribution >= 0.6 is 11.6 Å². The van der Waals surface area contributed by atoms with Crippen LogP contribution in [0.25, 0.3) is 0 Å². The zero-order chi connectivity index (χ0) is 12.4. The highest BCUT2D eigenvalue weighted by Crippen LogP contribution is 2.23. The van der Waals surface area contributed by atoms with Gasteiger partial charge in [-0.15, -0.1) is 11.6 Å². The third-order valence-corrected chi connectivity index (χ3v) is 4.01. The number of halogens is 1. The van der Waals surface area contributed by atoms with E-state index in [1.54, 1.807) is 0 Å². The van der Waals surface area contributed by atoms with Crippen LogP contribution in [0, 0.1) is 13.8 Å². The van der Waals surface area contributed by atoms with Crippen LogP contribution in [0.4, 0.5) is 0 Å². The van der Waals surface area contributed by atoms with E-state index in [9.17, 15) is 4.79 Å². The molecule has 1 heterocycles. The van der Waals surface area contributed by atoms with Gasteiger partial charge in [0, 0.05) is 24.0 Å². The molecule has 0 aromatic heterocycles. The molecule has 1 saturated heterocycles. The van der Waals surface area contributed by atoms with Crippen molar-refractivity contribution in [1.82, 2.24) is 4.90 Å². The minimum Gasteiger partial charge on any atom is -0.334 e. The van der Waals surface area contributed by atoms with Crippen LogP contribution in [0.15, 0.2) is 18.2 Å². The molecule has 1 aromatic rings. The SMILES string of the molecule is Cc1cccc(C(=O)N2CCCC2CCl)c1C.